The number of fused-ring (bicyclic) bond motifs is 2. The van der Waals surface area contributed by atoms with Crippen LogP contribution in [-0.4, -0.2) is 55.6 Å². The number of hydrogen-bond acceptors (Lipinski definition) is 5. The standard InChI is InChI=1S/C21H24N6O/c1-25-12-13-27-18(14-25)23-24-20(27)17-9-2-3-11-26(17)21(28)16-8-4-6-15-7-5-10-22-19(15)16/h4-8,10,17H,2-3,9,11-14H2,1H3. The summed E-state index contributed by atoms with van der Waals surface area (Å²) in [6, 6.07) is 9.70. The molecule has 144 valence electrons. The number of nitrogens with zero attached hydrogens (tertiary/aromatic N) is 6. The predicted molar refractivity (Wildman–Crippen MR) is 106 cm³/mol. The number of carbonyl (C=O) groups is 1. The van der Waals surface area contributed by atoms with Gasteiger partial charge in [-0.2, -0.15) is 0 Å². The summed E-state index contributed by atoms with van der Waals surface area (Å²) >= 11 is 0. The Morgan fingerprint density at radius 3 is 2.89 bits per heavy atom. The molecular formula is C21H24N6O. The van der Waals surface area contributed by atoms with Crippen molar-refractivity contribution in [1.82, 2.24) is 29.5 Å². The number of aromatic nitrogens is 4. The summed E-state index contributed by atoms with van der Waals surface area (Å²) in [6.07, 6.45) is 4.80. The lowest BCUT2D eigenvalue weighted by Crippen LogP contribution is -2.41. The average Bonchev–Trinajstić information content (AvgIpc) is 3.15. The highest BCUT2D eigenvalue weighted by molar-refractivity contribution is 6.05. The number of carbonyl (C=O) groups excluding carboxylic acids is 1. The smallest absolute Gasteiger partial charge is 0.256 e. The number of pyridine rings is 1. The molecule has 4 heterocycles. The molecule has 2 aliphatic rings. The normalized spacial score (nSPS) is 20.3. The van der Waals surface area contributed by atoms with Crippen LogP contribution < -0.4 is 0 Å². The lowest BCUT2D eigenvalue weighted by molar-refractivity contribution is 0.0593. The fourth-order valence-electron chi connectivity index (χ4n) is 4.42. The number of likely N-dealkylation sites (tertiary alicyclic amines) is 1. The third-order valence-corrected chi connectivity index (χ3v) is 5.90. The molecule has 2 aromatic heterocycles. The molecule has 0 saturated carbocycles. The zero-order valence-electron chi connectivity index (χ0n) is 16.1. The zero-order chi connectivity index (χ0) is 19.1. The molecule has 28 heavy (non-hydrogen) atoms. The summed E-state index contributed by atoms with van der Waals surface area (Å²) in [4.78, 5) is 22.3. The molecule has 0 N–H and O–H groups in total. The lowest BCUT2D eigenvalue weighted by Gasteiger charge is -2.36. The van der Waals surface area contributed by atoms with Gasteiger partial charge in [0, 0.05) is 31.2 Å². The van der Waals surface area contributed by atoms with Gasteiger partial charge in [-0.05, 0) is 38.4 Å². The van der Waals surface area contributed by atoms with Crippen molar-refractivity contribution < 1.29 is 4.79 Å². The Kier molecular flexibility index (Phi) is 4.31. The molecule has 0 radical (unpaired) electrons. The topological polar surface area (TPSA) is 67.2 Å². The summed E-state index contributed by atoms with van der Waals surface area (Å²) in [5, 5.41) is 9.93. The summed E-state index contributed by atoms with van der Waals surface area (Å²) in [5.41, 5.74) is 1.44. The Bertz CT molecular complexity index is 1020. The highest BCUT2D eigenvalue weighted by atomic mass is 16.2. The zero-order valence-corrected chi connectivity index (χ0v) is 16.1. The Labute approximate surface area is 164 Å². The van der Waals surface area contributed by atoms with E-state index in [9.17, 15) is 4.79 Å². The van der Waals surface area contributed by atoms with Crippen LogP contribution >= 0.6 is 0 Å². The molecule has 0 bridgehead atoms. The number of piperidine rings is 1. The first-order valence-corrected chi connectivity index (χ1v) is 9.97. The number of benzene rings is 1. The van der Waals surface area contributed by atoms with E-state index in [-0.39, 0.29) is 11.9 Å². The molecule has 7 heteroatoms. The van der Waals surface area contributed by atoms with Gasteiger partial charge in [-0.1, -0.05) is 18.2 Å². The number of hydrogen-bond donors (Lipinski definition) is 0. The minimum Gasteiger partial charge on any atom is -0.328 e. The second kappa shape index (κ2) is 6.98. The Morgan fingerprint density at radius 2 is 1.96 bits per heavy atom. The van der Waals surface area contributed by atoms with Gasteiger partial charge in [0.15, 0.2) is 5.82 Å². The molecule has 1 atom stereocenters. The van der Waals surface area contributed by atoms with E-state index in [0.29, 0.717) is 5.56 Å². The van der Waals surface area contributed by atoms with Crippen molar-refractivity contribution in [3.05, 3.63) is 53.7 Å². The van der Waals surface area contributed by atoms with Gasteiger partial charge in [0.1, 0.15) is 5.82 Å². The highest BCUT2D eigenvalue weighted by Crippen LogP contribution is 2.33. The van der Waals surface area contributed by atoms with E-state index in [4.69, 9.17) is 0 Å². The SMILES string of the molecule is CN1CCn2c(nnc2C2CCCCN2C(=O)c2cccc3cccnc23)C1. The van der Waals surface area contributed by atoms with Gasteiger partial charge < -0.3 is 9.47 Å². The van der Waals surface area contributed by atoms with Crippen molar-refractivity contribution in [2.45, 2.75) is 38.4 Å². The first-order chi connectivity index (χ1) is 13.7. The Hall–Kier alpha value is -2.80. The van der Waals surface area contributed by atoms with Gasteiger partial charge in [-0.15, -0.1) is 10.2 Å². The lowest BCUT2D eigenvalue weighted by atomic mass is 9.99. The fraction of sp³-hybridized carbons (Fsp3) is 0.429. The summed E-state index contributed by atoms with van der Waals surface area (Å²) in [7, 11) is 2.10. The van der Waals surface area contributed by atoms with Crippen molar-refractivity contribution >= 4 is 16.8 Å². The van der Waals surface area contributed by atoms with Crippen LogP contribution in [0.15, 0.2) is 36.5 Å². The van der Waals surface area contributed by atoms with E-state index in [1.54, 1.807) is 6.20 Å². The maximum Gasteiger partial charge on any atom is 0.256 e. The molecule has 3 aromatic rings. The molecule has 5 rings (SSSR count). The predicted octanol–water partition coefficient (Wildman–Crippen LogP) is 2.64. The molecule has 1 saturated heterocycles. The average molecular weight is 376 g/mol. The molecule has 2 aliphatic heterocycles. The summed E-state index contributed by atoms with van der Waals surface area (Å²) in [5.74, 6) is 1.97. The van der Waals surface area contributed by atoms with Crippen molar-refractivity contribution in [3.63, 3.8) is 0 Å². The first kappa shape index (κ1) is 17.3. The van der Waals surface area contributed by atoms with E-state index < -0.39 is 0 Å². The van der Waals surface area contributed by atoms with Crippen LogP contribution in [0.3, 0.4) is 0 Å². The molecule has 1 unspecified atom stereocenters. The van der Waals surface area contributed by atoms with Gasteiger partial charge in [0.05, 0.1) is 23.7 Å². The molecule has 1 fully saturated rings. The monoisotopic (exact) mass is 376 g/mol. The van der Waals surface area contributed by atoms with Gasteiger partial charge in [-0.3, -0.25) is 14.7 Å². The van der Waals surface area contributed by atoms with E-state index in [2.05, 4.69) is 31.7 Å². The van der Waals surface area contributed by atoms with Crippen molar-refractivity contribution in [1.29, 1.82) is 0 Å². The number of amides is 1. The van der Waals surface area contributed by atoms with Crippen molar-refractivity contribution in [2.24, 2.45) is 0 Å². The van der Waals surface area contributed by atoms with Crippen LogP contribution in [0.5, 0.6) is 0 Å². The van der Waals surface area contributed by atoms with Crippen LogP contribution in [-0.2, 0) is 13.1 Å². The number of rotatable bonds is 2. The first-order valence-electron chi connectivity index (χ1n) is 9.97. The molecule has 1 aromatic carbocycles. The van der Waals surface area contributed by atoms with Crippen LogP contribution in [0, 0.1) is 0 Å². The third kappa shape index (κ3) is 2.86. The minimum atomic E-state index is -0.0233. The molecule has 1 amide bonds. The van der Waals surface area contributed by atoms with E-state index >= 15 is 0 Å². The Balaban J connectivity index is 1.52. The van der Waals surface area contributed by atoms with Gasteiger partial charge in [-0.25, -0.2) is 0 Å². The summed E-state index contributed by atoms with van der Waals surface area (Å²) < 4.78 is 2.22. The second-order valence-electron chi connectivity index (χ2n) is 7.75. The Morgan fingerprint density at radius 1 is 1.07 bits per heavy atom. The molecule has 0 spiro atoms. The van der Waals surface area contributed by atoms with E-state index in [1.807, 2.05) is 35.2 Å². The molecule has 0 aliphatic carbocycles. The van der Waals surface area contributed by atoms with Crippen LogP contribution in [0.2, 0.25) is 0 Å². The van der Waals surface area contributed by atoms with Crippen molar-refractivity contribution in [3.8, 4) is 0 Å². The van der Waals surface area contributed by atoms with E-state index in [0.717, 1.165) is 68.0 Å². The van der Waals surface area contributed by atoms with Gasteiger partial charge in [0.2, 0.25) is 0 Å². The maximum atomic E-state index is 13.6. The molecule has 7 nitrogen and oxygen atoms in total. The third-order valence-electron chi connectivity index (χ3n) is 5.90. The highest BCUT2D eigenvalue weighted by Gasteiger charge is 2.34. The van der Waals surface area contributed by atoms with E-state index in [1.165, 1.54) is 0 Å². The number of likely N-dealkylation sites (N-methyl/N-ethyl adjacent to an activating group) is 1. The van der Waals surface area contributed by atoms with Crippen LogP contribution in [0.4, 0.5) is 0 Å². The van der Waals surface area contributed by atoms with Crippen LogP contribution in [0.1, 0.15) is 47.3 Å². The maximum absolute atomic E-state index is 13.6. The molecular weight excluding hydrogens is 352 g/mol. The van der Waals surface area contributed by atoms with Gasteiger partial charge >= 0.3 is 0 Å². The largest absolute Gasteiger partial charge is 0.328 e. The minimum absolute atomic E-state index is 0.0233. The number of para-hydroxylation sites is 1. The summed E-state index contributed by atoms with van der Waals surface area (Å²) in [6.45, 7) is 3.41. The van der Waals surface area contributed by atoms with Gasteiger partial charge in [0.25, 0.3) is 5.91 Å². The fourth-order valence-corrected chi connectivity index (χ4v) is 4.42. The van der Waals surface area contributed by atoms with Crippen LogP contribution in [0.25, 0.3) is 10.9 Å². The van der Waals surface area contributed by atoms with Crippen molar-refractivity contribution in [2.75, 3.05) is 20.1 Å². The second-order valence-corrected chi connectivity index (χ2v) is 7.75. The quantitative estimate of drug-likeness (QED) is 0.688.